The van der Waals surface area contributed by atoms with Crippen LogP contribution in [0.5, 0.6) is 5.75 Å². The van der Waals surface area contributed by atoms with Crippen LogP contribution in [0.4, 0.5) is 0 Å². The molecule has 3 rings (SSSR count). The molecule has 0 unspecified atom stereocenters. The van der Waals surface area contributed by atoms with E-state index >= 15 is 0 Å². The summed E-state index contributed by atoms with van der Waals surface area (Å²) in [6.45, 7) is 5.91. The van der Waals surface area contributed by atoms with Crippen molar-refractivity contribution in [1.82, 2.24) is 9.55 Å². The molecule has 0 atom stereocenters. The zero-order valence-electron chi connectivity index (χ0n) is 15.0. The first-order valence-electron chi connectivity index (χ1n) is 8.93. The number of fused-ring (bicyclic) bond motifs is 1. The molecule has 1 N–H and O–H groups in total. The van der Waals surface area contributed by atoms with Gasteiger partial charge in [-0.25, -0.2) is 4.98 Å². The van der Waals surface area contributed by atoms with Gasteiger partial charge in [0, 0.05) is 19.6 Å². The van der Waals surface area contributed by atoms with Gasteiger partial charge in [0.1, 0.15) is 11.6 Å². The fourth-order valence-electron chi connectivity index (χ4n) is 3.23. The van der Waals surface area contributed by atoms with Crippen molar-refractivity contribution in [3.63, 3.8) is 0 Å². The molecule has 0 fully saturated rings. The molecule has 0 amide bonds. The van der Waals surface area contributed by atoms with Crippen LogP contribution < -0.4 is 4.74 Å². The van der Waals surface area contributed by atoms with Crippen LogP contribution in [0.2, 0.25) is 0 Å². The van der Waals surface area contributed by atoms with Crippen molar-refractivity contribution in [2.24, 2.45) is 0 Å². The summed E-state index contributed by atoms with van der Waals surface area (Å²) in [5.41, 5.74) is 4.62. The Morgan fingerprint density at radius 1 is 1.04 bits per heavy atom. The average molecular weight is 338 g/mol. The normalized spacial score (nSPS) is 11.2. The van der Waals surface area contributed by atoms with E-state index < -0.39 is 0 Å². The standard InChI is InChI=1S/C21H26N2O2/c1-16-13-17(2)15-18(14-16)25-12-6-10-23-20-8-4-3-7-19(20)22-21(23)9-5-11-24/h3-4,7-8,13-15,24H,5-6,9-12H2,1-2H3. The van der Waals surface area contributed by atoms with Gasteiger partial charge in [0.05, 0.1) is 17.6 Å². The molecule has 0 aliphatic heterocycles. The molecular formula is C21H26N2O2. The summed E-state index contributed by atoms with van der Waals surface area (Å²) < 4.78 is 8.19. The highest BCUT2D eigenvalue weighted by molar-refractivity contribution is 5.75. The van der Waals surface area contributed by atoms with E-state index in [1.807, 2.05) is 18.2 Å². The molecular weight excluding hydrogens is 312 g/mol. The minimum atomic E-state index is 0.193. The average Bonchev–Trinajstić information content (AvgIpc) is 2.93. The maximum Gasteiger partial charge on any atom is 0.119 e. The Morgan fingerprint density at radius 2 is 1.80 bits per heavy atom. The first kappa shape index (κ1) is 17.5. The van der Waals surface area contributed by atoms with Crippen molar-refractivity contribution < 1.29 is 9.84 Å². The highest BCUT2D eigenvalue weighted by atomic mass is 16.5. The summed E-state index contributed by atoms with van der Waals surface area (Å²) in [5, 5.41) is 9.12. The zero-order chi connectivity index (χ0) is 17.6. The zero-order valence-corrected chi connectivity index (χ0v) is 15.0. The molecule has 4 heteroatoms. The summed E-state index contributed by atoms with van der Waals surface area (Å²) in [5.74, 6) is 1.98. The fraction of sp³-hybridized carbons (Fsp3) is 0.381. The number of imidazole rings is 1. The molecule has 0 aliphatic rings. The summed E-state index contributed by atoms with van der Waals surface area (Å²) >= 11 is 0. The van der Waals surface area contributed by atoms with E-state index in [2.05, 4.69) is 42.7 Å². The third-order valence-corrected chi connectivity index (χ3v) is 4.28. The van der Waals surface area contributed by atoms with Gasteiger partial charge in [0.25, 0.3) is 0 Å². The molecule has 132 valence electrons. The number of aryl methyl sites for hydroxylation is 4. The van der Waals surface area contributed by atoms with E-state index in [9.17, 15) is 0 Å². The first-order valence-corrected chi connectivity index (χ1v) is 8.93. The van der Waals surface area contributed by atoms with Crippen LogP contribution in [0.15, 0.2) is 42.5 Å². The van der Waals surface area contributed by atoms with Gasteiger partial charge in [0.15, 0.2) is 0 Å². The number of aliphatic hydroxyl groups excluding tert-OH is 1. The molecule has 3 aromatic rings. The second-order valence-electron chi connectivity index (χ2n) is 6.52. The quantitative estimate of drug-likeness (QED) is 0.630. The van der Waals surface area contributed by atoms with Gasteiger partial charge in [-0.2, -0.15) is 0 Å². The van der Waals surface area contributed by atoms with E-state index in [0.717, 1.165) is 48.4 Å². The Balaban J connectivity index is 1.65. The Kier molecular flexibility index (Phi) is 5.71. The van der Waals surface area contributed by atoms with E-state index in [0.29, 0.717) is 6.61 Å². The molecule has 4 nitrogen and oxygen atoms in total. The summed E-state index contributed by atoms with van der Waals surface area (Å²) in [4.78, 5) is 4.72. The minimum Gasteiger partial charge on any atom is -0.494 e. The van der Waals surface area contributed by atoms with Crippen LogP contribution in [0.1, 0.15) is 29.8 Å². The maximum atomic E-state index is 9.12. The number of hydrogen-bond acceptors (Lipinski definition) is 3. The van der Waals surface area contributed by atoms with E-state index in [1.54, 1.807) is 0 Å². The van der Waals surface area contributed by atoms with Gasteiger partial charge >= 0.3 is 0 Å². The number of para-hydroxylation sites is 2. The predicted octanol–water partition coefficient (Wildman–Crippen LogP) is 4.05. The number of aliphatic hydroxyl groups is 1. The molecule has 2 aromatic carbocycles. The summed E-state index contributed by atoms with van der Waals surface area (Å²) in [7, 11) is 0. The third kappa shape index (κ3) is 4.40. The van der Waals surface area contributed by atoms with Gasteiger partial charge in [-0.1, -0.05) is 18.2 Å². The predicted molar refractivity (Wildman–Crippen MR) is 101 cm³/mol. The molecule has 0 radical (unpaired) electrons. The van der Waals surface area contributed by atoms with Crippen molar-refractivity contribution in [3.8, 4) is 5.75 Å². The highest BCUT2D eigenvalue weighted by Gasteiger charge is 2.10. The number of aromatic nitrogens is 2. The lowest BCUT2D eigenvalue weighted by Gasteiger charge is -2.11. The topological polar surface area (TPSA) is 47.3 Å². The van der Waals surface area contributed by atoms with Crippen molar-refractivity contribution in [1.29, 1.82) is 0 Å². The highest BCUT2D eigenvalue weighted by Crippen LogP contribution is 2.19. The lowest BCUT2D eigenvalue weighted by Crippen LogP contribution is -2.08. The van der Waals surface area contributed by atoms with Gasteiger partial charge in [-0.05, 0) is 62.1 Å². The maximum absolute atomic E-state index is 9.12. The van der Waals surface area contributed by atoms with E-state index in [4.69, 9.17) is 14.8 Å². The van der Waals surface area contributed by atoms with Crippen LogP contribution in [0, 0.1) is 13.8 Å². The third-order valence-electron chi connectivity index (χ3n) is 4.28. The summed E-state index contributed by atoms with van der Waals surface area (Å²) in [6.07, 6.45) is 2.45. The molecule has 1 aromatic heterocycles. The molecule has 0 spiro atoms. The molecule has 1 heterocycles. The lowest BCUT2D eigenvalue weighted by molar-refractivity contribution is 0.285. The number of ether oxygens (including phenoxy) is 1. The van der Waals surface area contributed by atoms with Gasteiger partial charge in [0.2, 0.25) is 0 Å². The number of rotatable bonds is 8. The van der Waals surface area contributed by atoms with Crippen LogP contribution in [-0.2, 0) is 13.0 Å². The molecule has 0 bridgehead atoms. The van der Waals surface area contributed by atoms with Gasteiger partial charge < -0.3 is 14.4 Å². The van der Waals surface area contributed by atoms with Crippen molar-refractivity contribution >= 4 is 11.0 Å². The van der Waals surface area contributed by atoms with E-state index in [1.165, 1.54) is 11.1 Å². The monoisotopic (exact) mass is 338 g/mol. The van der Waals surface area contributed by atoms with Crippen molar-refractivity contribution in [3.05, 3.63) is 59.4 Å². The number of hydrogen-bond donors (Lipinski definition) is 1. The Bertz CT molecular complexity index is 819. The SMILES string of the molecule is Cc1cc(C)cc(OCCCn2c(CCCO)nc3ccccc32)c1. The van der Waals surface area contributed by atoms with E-state index in [-0.39, 0.29) is 6.61 Å². The second-order valence-corrected chi connectivity index (χ2v) is 6.52. The second kappa shape index (κ2) is 8.17. The lowest BCUT2D eigenvalue weighted by atomic mass is 10.1. The van der Waals surface area contributed by atoms with Crippen molar-refractivity contribution in [2.75, 3.05) is 13.2 Å². The molecule has 25 heavy (non-hydrogen) atoms. The fourth-order valence-corrected chi connectivity index (χ4v) is 3.23. The Morgan fingerprint density at radius 3 is 2.56 bits per heavy atom. The van der Waals surface area contributed by atoms with Crippen molar-refractivity contribution in [2.45, 2.75) is 39.7 Å². The minimum absolute atomic E-state index is 0.193. The van der Waals surface area contributed by atoms with Crippen LogP contribution in [-0.4, -0.2) is 27.9 Å². The first-order chi connectivity index (χ1) is 12.2. The number of nitrogens with zero attached hydrogens (tertiary/aromatic N) is 2. The Labute approximate surface area is 149 Å². The van der Waals surface area contributed by atoms with Gasteiger partial charge in [-0.3, -0.25) is 0 Å². The van der Waals surface area contributed by atoms with Gasteiger partial charge in [-0.15, -0.1) is 0 Å². The largest absolute Gasteiger partial charge is 0.494 e. The molecule has 0 saturated heterocycles. The molecule has 0 saturated carbocycles. The van der Waals surface area contributed by atoms with Crippen LogP contribution in [0.3, 0.4) is 0 Å². The van der Waals surface area contributed by atoms with Crippen LogP contribution >= 0.6 is 0 Å². The van der Waals surface area contributed by atoms with Crippen LogP contribution in [0.25, 0.3) is 11.0 Å². The summed E-state index contributed by atoms with van der Waals surface area (Å²) in [6, 6.07) is 14.5. The Hall–Kier alpha value is -2.33. The smallest absolute Gasteiger partial charge is 0.119 e. The number of benzene rings is 2. The molecule has 0 aliphatic carbocycles.